The Kier molecular flexibility index (Phi) is 3.94. The van der Waals surface area contributed by atoms with Crippen LogP contribution in [-0.2, 0) is 4.79 Å². The fourth-order valence-electron chi connectivity index (χ4n) is 1.88. The maximum absolute atomic E-state index is 9.25. The number of carboxylic acid groups (broad SMARTS) is 1. The van der Waals surface area contributed by atoms with Crippen LogP contribution in [-0.4, -0.2) is 11.1 Å². The van der Waals surface area contributed by atoms with Crippen LogP contribution in [0.25, 0.3) is 21.5 Å². The monoisotopic (exact) mass is 250 g/mol. The minimum absolute atomic E-state index is 0.833. The molecule has 0 aromatic heterocycles. The van der Waals surface area contributed by atoms with Gasteiger partial charge in [0.2, 0.25) is 0 Å². The standard InChI is InChI=1S/C14H10.C3H4O2/c1-2-6-12-10-14-8-4-3-7-13(14)9-11(12)5-1;1-2-3(4)5/h1-10H;2H,1H2,(H,4,5). The van der Waals surface area contributed by atoms with Crippen molar-refractivity contribution < 1.29 is 9.90 Å². The van der Waals surface area contributed by atoms with Gasteiger partial charge in [-0.15, -0.1) is 0 Å². The van der Waals surface area contributed by atoms with Gasteiger partial charge in [0, 0.05) is 6.08 Å². The van der Waals surface area contributed by atoms with Gasteiger partial charge in [-0.3, -0.25) is 0 Å². The lowest BCUT2D eigenvalue weighted by atomic mass is 10.0. The second-order valence-corrected chi connectivity index (χ2v) is 4.09. The van der Waals surface area contributed by atoms with Gasteiger partial charge in [-0.1, -0.05) is 55.1 Å². The van der Waals surface area contributed by atoms with Crippen molar-refractivity contribution in [2.24, 2.45) is 0 Å². The highest BCUT2D eigenvalue weighted by molar-refractivity contribution is 5.98. The largest absolute Gasteiger partial charge is 0.478 e. The van der Waals surface area contributed by atoms with Gasteiger partial charge in [0.25, 0.3) is 0 Å². The van der Waals surface area contributed by atoms with Gasteiger partial charge in [-0.25, -0.2) is 4.79 Å². The molecule has 0 heterocycles. The van der Waals surface area contributed by atoms with Crippen molar-refractivity contribution in [3.63, 3.8) is 0 Å². The number of carboxylic acids is 1. The number of rotatable bonds is 1. The molecule has 0 aliphatic carbocycles. The maximum atomic E-state index is 9.25. The molecule has 0 atom stereocenters. The third-order valence-electron chi connectivity index (χ3n) is 2.79. The minimum atomic E-state index is -0.981. The van der Waals surface area contributed by atoms with Gasteiger partial charge in [0.1, 0.15) is 0 Å². The summed E-state index contributed by atoms with van der Waals surface area (Å²) in [5.74, 6) is -0.981. The Morgan fingerprint density at radius 1 is 0.842 bits per heavy atom. The molecule has 0 amide bonds. The summed E-state index contributed by atoms with van der Waals surface area (Å²) in [5, 5.41) is 12.8. The van der Waals surface area contributed by atoms with E-state index in [1.807, 2.05) is 0 Å². The predicted octanol–water partition coefficient (Wildman–Crippen LogP) is 4.25. The highest BCUT2D eigenvalue weighted by atomic mass is 16.4. The van der Waals surface area contributed by atoms with Gasteiger partial charge in [-0.05, 0) is 33.7 Å². The van der Waals surface area contributed by atoms with E-state index in [-0.39, 0.29) is 0 Å². The smallest absolute Gasteiger partial charge is 0.327 e. The summed E-state index contributed by atoms with van der Waals surface area (Å²) in [6.07, 6.45) is 0.833. The molecule has 3 rings (SSSR count). The van der Waals surface area contributed by atoms with Crippen LogP contribution >= 0.6 is 0 Å². The van der Waals surface area contributed by atoms with Crippen molar-refractivity contribution in [1.29, 1.82) is 0 Å². The Hall–Kier alpha value is -2.61. The first-order chi connectivity index (χ1) is 9.20. The van der Waals surface area contributed by atoms with Gasteiger partial charge in [-0.2, -0.15) is 0 Å². The van der Waals surface area contributed by atoms with Crippen molar-refractivity contribution >= 4 is 27.5 Å². The summed E-state index contributed by atoms with van der Waals surface area (Å²) in [5.41, 5.74) is 0. The van der Waals surface area contributed by atoms with Crippen LogP contribution < -0.4 is 0 Å². The Bertz CT molecular complexity index is 624. The summed E-state index contributed by atoms with van der Waals surface area (Å²) in [6.45, 7) is 2.96. The Morgan fingerprint density at radius 3 is 1.32 bits per heavy atom. The molecule has 0 aliphatic rings. The van der Waals surface area contributed by atoms with E-state index in [4.69, 9.17) is 5.11 Å². The van der Waals surface area contributed by atoms with Crippen molar-refractivity contribution in [2.75, 3.05) is 0 Å². The zero-order valence-electron chi connectivity index (χ0n) is 10.4. The van der Waals surface area contributed by atoms with Crippen LogP contribution in [0.3, 0.4) is 0 Å². The second kappa shape index (κ2) is 5.83. The van der Waals surface area contributed by atoms with Crippen LogP contribution in [0.2, 0.25) is 0 Å². The number of aliphatic carboxylic acids is 1. The van der Waals surface area contributed by atoms with E-state index in [9.17, 15) is 4.79 Å². The molecule has 2 nitrogen and oxygen atoms in total. The summed E-state index contributed by atoms with van der Waals surface area (Å²) in [4.78, 5) is 9.25. The molecule has 3 aromatic carbocycles. The van der Waals surface area contributed by atoms with Crippen LogP contribution in [0.5, 0.6) is 0 Å². The molecule has 0 fully saturated rings. The van der Waals surface area contributed by atoms with E-state index in [0.29, 0.717) is 0 Å². The lowest BCUT2D eigenvalue weighted by Crippen LogP contribution is -1.82. The number of fused-ring (bicyclic) bond motifs is 2. The molecule has 19 heavy (non-hydrogen) atoms. The molecule has 0 aliphatic heterocycles. The van der Waals surface area contributed by atoms with E-state index in [1.165, 1.54) is 21.5 Å². The Labute approximate surface area is 111 Å². The Morgan fingerprint density at radius 2 is 1.11 bits per heavy atom. The molecular weight excluding hydrogens is 236 g/mol. The van der Waals surface area contributed by atoms with Crippen LogP contribution in [0, 0.1) is 0 Å². The molecule has 3 aromatic rings. The van der Waals surface area contributed by atoms with E-state index in [0.717, 1.165) is 6.08 Å². The lowest BCUT2D eigenvalue weighted by Gasteiger charge is -2.00. The first kappa shape index (κ1) is 12.8. The summed E-state index contributed by atoms with van der Waals surface area (Å²) in [6, 6.07) is 21.4. The maximum Gasteiger partial charge on any atom is 0.327 e. The highest BCUT2D eigenvalue weighted by Crippen LogP contribution is 2.21. The molecular formula is C17H14O2. The second-order valence-electron chi connectivity index (χ2n) is 4.09. The van der Waals surface area contributed by atoms with Crippen molar-refractivity contribution in [3.05, 3.63) is 73.3 Å². The molecule has 0 bridgehead atoms. The fourth-order valence-corrected chi connectivity index (χ4v) is 1.88. The first-order valence-electron chi connectivity index (χ1n) is 5.93. The van der Waals surface area contributed by atoms with Gasteiger partial charge in [0.15, 0.2) is 0 Å². The minimum Gasteiger partial charge on any atom is -0.478 e. The molecule has 94 valence electrons. The quantitative estimate of drug-likeness (QED) is 0.518. The summed E-state index contributed by atoms with van der Waals surface area (Å²) in [7, 11) is 0. The van der Waals surface area contributed by atoms with Gasteiger partial charge < -0.3 is 5.11 Å². The third kappa shape index (κ3) is 3.19. The van der Waals surface area contributed by atoms with E-state index >= 15 is 0 Å². The predicted molar refractivity (Wildman–Crippen MR) is 79.3 cm³/mol. The summed E-state index contributed by atoms with van der Waals surface area (Å²) >= 11 is 0. The SMILES string of the molecule is C=CC(=O)O.c1ccc2cc3ccccc3cc2c1. The zero-order chi connectivity index (χ0) is 13.7. The Balaban J connectivity index is 0.000000232. The van der Waals surface area contributed by atoms with E-state index < -0.39 is 5.97 Å². The lowest BCUT2D eigenvalue weighted by molar-refractivity contribution is -0.131. The van der Waals surface area contributed by atoms with E-state index in [2.05, 4.69) is 67.2 Å². The zero-order valence-corrected chi connectivity index (χ0v) is 10.4. The molecule has 0 radical (unpaired) electrons. The third-order valence-corrected chi connectivity index (χ3v) is 2.79. The van der Waals surface area contributed by atoms with Crippen molar-refractivity contribution in [3.8, 4) is 0 Å². The van der Waals surface area contributed by atoms with Crippen LogP contribution in [0.15, 0.2) is 73.3 Å². The number of carbonyl (C=O) groups is 1. The van der Waals surface area contributed by atoms with Crippen molar-refractivity contribution in [1.82, 2.24) is 0 Å². The topological polar surface area (TPSA) is 37.3 Å². The number of hydrogen-bond acceptors (Lipinski definition) is 1. The average molecular weight is 250 g/mol. The molecule has 0 saturated heterocycles. The summed E-state index contributed by atoms with van der Waals surface area (Å²) < 4.78 is 0. The highest BCUT2D eigenvalue weighted by Gasteiger charge is 1.95. The molecule has 1 N–H and O–H groups in total. The van der Waals surface area contributed by atoms with Gasteiger partial charge in [0.05, 0.1) is 0 Å². The van der Waals surface area contributed by atoms with Crippen LogP contribution in [0.1, 0.15) is 0 Å². The molecule has 0 spiro atoms. The molecule has 0 saturated carbocycles. The molecule has 2 heteroatoms. The average Bonchev–Trinajstić information content (AvgIpc) is 2.45. The molecule has 0 unspecified atom stereocenters. The normalized spacial score (nSPS) is 9.68. The van der Waals surface area contributed by atoms with Gasteiger partial charge >= 0.3 is 5.97 Å². The fraction of sp³-hybridized carbons (Fsp3) is 0. The number of benzene rings is 3. The van der Waals surface area contributed by atoms with E-state index in [1.54, 1.807) is 0 Å². The van der Waals surface area contributed by atoms with Crippen LogP contribution in [0.4, 0.5) is 0 Å². The first-order valence-corrected chi connectivity index (χ1v) is 5.93. The van der Waals surface area contributed by atoms with Crippen molar-refractivity contribution in [2.45, 2.75) is 0 Å². The number of hydrogen-bond donors (Lipinski definition) is 1.